The third kappa shape index (κ3) is 1.71. The van der Waals surface area contributed by atoms with Crippen molar-refractivity contribution in [3.63, 3.8) is 0 Å². The average molecular weight is 236 g/mol. The van der Waals surface area contributed by atoms with E-state index in [1.807, 2.05) is 0 Å². The fraction of sp³-hybridized carbons (Fsp3) is 0.333. The second kappa shape index (κ2) is 3.91. The molecule has 0 atom stereocenters. The zero-order valence-corrected chi connectivity index (χ0v) is 8.99. The number of rotatable bonds is 2. The highest BCUT2D eigenvalue weighted by Gasteiger charge is 2.26. The molecule has 1 saturated carbocycles. The lowest BCUT2D eigenvalue weighted by Gasteiger charge is -2.20. The summed E-state index contributed by atoms with van der Waals surface area (Å²) in [6.07, 6.45) is 3.19. The van der Waals surface area contributed by atoms with E-state index in [2.05, 4.69) is 10.1 Å². The summed E-state index contributed by atoms with van der Waals surface area (Å²) in [5.74, 6) is -0.919. The van der Waals surface area contributed by atoms with Gasteiger partial charge in [0.1, 0.15) is 0 Å². The summed E-state index contributed by atoms with van der Waals surface area (Å²) < 4.78 is 31.6. The molecule has 0 amide bonds. The van der Waals surface area contributed by atoms with Gasteiger partial charge in [0.05, 0.1) is 5.56 Å². The van der Waals surface area contributed by atoms with Gasteiger partial charge in [0, 0.05) is 5.92 Å². The maximum atomic E-state index is 13.5. The van der Waals surface area contributed by atoms with Gasteiger partial charge in [-0.3, -0.25) is 0 Å². The Morgan fingerprint density at radius 2 is 2.06 bits per heavy atom. The van der Waals surface area contributed by atoms with Crippen LogP contribution in [0.3, 0.4) is 0 Å². The third-order valence-electron chi connectivity index (χ3n) is 3.09. The van der Waals surface area contributed by atoms with Crippen LogP contribution in [0.1, 0.15) is 31.1 Å². The number of nitrogens with zero attached hydrogens (tertiary/aromatic N) is 2. The maximum Gasteiger partial charge on any atom is 0.230 e. The minimum Gasteiger partial charge on any atom is -0.339 e. The number of benzene rings is 1. The van der Waals surface area contributed by atoms with Crippen LogP contribution in [-0.2, 0) is 0 Å². The van der Waals surface area contributed by atoms with Crippen LogP contribution in [0.15, 0.2) is 22.7 Å². The van der Waals surface area contributed by atoms with Gasteiger partial charge in [-0.1, -0.05) is 17.6 Å². The summed E-state index contributed by atoms with van der Waals surface area (Å²) in [5.41, 5.74) is 0.0410. The summed E-state index contributed by atoms with van der Waals surface area (Å²) >= 11 is 0. The molecule has 17 heavy (non-hydrogen) atoms. The van der Waals surface area contributed by atoms with Crippen molar-refractivity contribution in [2.45, 2.75) is 25.2 Å². The van der Waals surface area contributed by atoms with Crippen LogP contribution in [0.4, 0.5) is 8.78 Å². The zero-order valence-electron chi connectivity index (χ0n) is 8.99. The topological polar surface area (TPSA) is 38.9 Å². The second-order valence-corrected chi connectivity index (χ2v) is 4.19. The molecule has 0 N–H and O–H groups in total. The van der Waals surface area contributed by atoms with Crippen molar-refractivity contribution in [3.8, 4) is 11.4 Å². The molecule has 1 aliphatic carbocycles. The van der Waals surface area contributed by atoms with Gasteiger partial charge in [0.2, 0.25) is 11.7 Å². The van der Waals surface area contributed by atoms with E-state index < -0.39 is 11.6 Å². The highest BCUT2D eigenvalue weighted by Crippen LogP contribution is 2.36. The standard InChI is InChI=1S/C12H10F2N2O/c13-9-6-2-5-8(10(9)14)11-15-12(17-16-11)7-3-1-4-7/h2,5-7H,1,3-4H2. The molecule has 3 rings (SSSR count). The molecule has 1 heterocycles. The third-order valence-corrected chi connectivity index (χ3v) is 3.09. The first-order valence-corrected chi connectivity index (χ1v) is 5.53. The summed E-state index contributed by atoms with van der Waals surface area (Å²) in [4.78, 5) is 4.12. The van der Waals surface area contributed by atoms with Gasteiger partial charge in [-0.25, -0.2) is 8.78 Å². The highest BCUT2D eigenvalue weighted by atomic mass is 19.2. The van der Waals surface area contributed by atoms with Gasteiger partial charge in [-0.05, 0) is 25.0 Å². The monoisotopic (exact) mass is 236 g/mol. The van der Waals surface area contributed by atoms with Crippen molar-refractivity contribution in [1.29, 1.82) is 0 Å². The number of halogens is 2. The summed E-state index contributed by atoms with van der Waals surface area (Å²) in [5, 5.41) is 3.70. The van der Waals surface area contributed by atoms with Crippen molar-refractivity contribution >= 4 is 0 Å². The van der Waals surface area contributed by atoms with Crippen molar-refractivity contribution in [1.82, 2.24) is 10.1 Å². The Bertz CT molecular complexity index is 549. The van der Waals surface area contributed by atoms with Gasteiger partial charge < -0.3 is 4.52 Å². The van der Waals surface area contributed by atoms with Gasteiger partial charge in [0.15, 0.2) is 11.6 Å². The number of hydrogen-bond donors (Lipinski definition) is 0. The average Bonchev–Trinajstić information content (AvgIpc) is 2.68. The van der Waals surface area contributed by atoms with Gasteiger partial charge in [-0.15, -0.1) is 0 Å². The molecule has 1 fully saturated rings. The lowest BCUT2D eigenvalue weighted by molar-refractivity contribution is 0.292. The lowest BCUT2D eigenvalue weighted by Crippen LogP contribution is -2.08. The quantitative estimate of drug-likeness (QED) is 0.803. The molecule has 1 aromatic carbocycles. The highest BCUT2D eigenvalue weighted by molar-refractivity contribution is 5.55. The molecular weight excluding hydrogens is 226 g/mol. The van der Waals surface area contributed by atoms with Crippen LogP contribution >= 0.6 is 0 Å². The zero-order chi connectivity index (χ0) is 11.8. The van der Waals surface area contributed by atoms with Crippen LogP contribution in [0.2, 0.25) is 0 Å². The molecule has 3 nitrogen and oxygen atoms in total. The molecular formula is C12H10F2N2O. The minimum atomic E-state index is -0.937. The van der Waals surface area contributed by atoms with E-state index in [9.17, 15) is 8.78 Å². The van der Waals surface area contributed by atoms with Crippen LogP contribution in [0.5, 0.6) is 0 Å². The fourth-order valence-corrected chi connectivity index (χ4v) is 1.84. The Labute approximate surface area is 96.5 Å². The summed E-state index contributed by atoms with van der Waals surface area (Å²) in [7, 11) is 0. The van der Waals surface area contributed by atoms with Crippen molar-refractivity contribution < 1.29 is 13.3 Å². The minimum absolute atomic E-state index is 0.0410. The Balaban J connectivity index is 1.97. The normalized spacial score (nSPS) is 15.9. The van der Waals surface area contributed by atoms with E-state index in [1.54, 1.807) is 0 Å². The molecule has 5 heteroatoms. The predicted octanol–water partition coefficient (Wildman–Crippen LogP) is 3.28. The van der Waals surface area contributed by atoms with Crippen LogP contribution in [-0.4, -0.2) is 10.1 Å². The molecule has 1 aliphatic rings. The van der Waals surface area contributed by atoms with E-state index in [0.29, 0.717) is 5.89 Å². The Morgan fingerprint density at radius 1 is 1.24 bits per heavy atom. The molecule has 0 unspecified atom stereocenters. The molecule has 0 radical (unpaired) electrons. The predicted molar refractivity (Wildman–Crippen MR) is 56.2 cm³/mol. The second-order valence-electron chi connectivity index (χ2n) is 4.19. The van der Waals surface area contributed by atoms with Gasteiger partial charge in [-0.2, -0.15) is 4.98 Å². The SMILES string of the molecule is Fc1cccc(-c2noc(C3CCC3)n2)c1F. The Kier molecular flexibility index (Phi) is 2.39. The van der Waals surface area contributed by atoms with E-state index >= 15 is 0 Å². The smallest absolute Gasteiger partial charge is 0.230 e. The summed E-state index contributed by atoms with van der Waals surface area (Å²) in [6.45, 7) is 0. The number of aromatic nitrogens is 2. The Morgan fingerprint density at radius 3 is 2.76 bits per heavy atom. The first kappa shape index (κ1) is 10.4. The Hall–Kier alpha value is -1.78. The molecule has 1 aromatic heterocycles. The number of hydrogen-bond acceptors (Lipinski definition) is 3. The van der Waals surface area contributed by atoms with Crippen molar-refractivity contribution in [2.24, 2.45) is 0 Å². The van der Waals surface area contributed by atoms with Crippen LogP contribution in [0, 0.1) is 11.6 Å². The van der Waals surface area contributed by atoms with E-state index in [-0.39, 0.29) is 17.3 Å². The molecule has 0 bridgehead atoms. The first-order chi connectivity index (χ1) is 8.25. The lowest BCUT2D eigenvalue weighted by atomic mass is 9.85. The summed E-state index contributed by atoms with van der Waals surface area (Å²) in [6, 6.07) is 3.92. The maximum absolute atomic E-state index is 13.5. The first-order valence-electron chi connectivity index (χ1n) is 5.53. The fourth-order valence-electron chi connectivity index (χ4n) is 1.84. The van der Waals surface area contributed by atoms with Crippen LogP contribution in [0.25, 0.3) is 11.4 Å². The molecule has 88 valence electrons. The molecule has 0 saturated heterocycles. The van der Waals surface area contributed by atoms with Crippen molar-refractivity contribution in [3.05, 3.63) is 35.7 Å². The van der Waals surface area contributed by atoms with E-state index in [0.717, 1.165) is 25.3 Å². The van der Waals surface area contributed by atoms with Gasteiger partial charge in [0.25, 0.3) is 0 Å². The molecule has 0 aliphatic heterocycles. The molecule has 2 aromatic rings. The largest absolute Gasteiger partial charge is 0.339 e. The van der Waals surface area contributed by atoms with E-state index in [4.69, 9.17) is 4.52 Å². The van der Waals surface area contributed by atoms with Gasteiger partial charge >= 0.3 is 0 Å². The van der Waals surface area contributed by atoms with Crippen LogP contribution < -0.4 is 0 Å². The van der Waals surface area contributed by atoms with E-state index in [1.165, 1.54) is 12.1 Å². The van der Waals surface area contributed by atoms with Crippen molar-refractivity contribution in [2.75, 3.05) is 0 Å². The molecule has 0 spiro atoms.